The number of nitrogens with one attached hydrogen (secondary N) is 1. The van der Waals surface area contributed by atoms with Gasteiger partial charge in [0.1, 0.15) is 6.04 Å². The minimum Gasteiger partial charge on any atom is -0.351 e. The van der Waals surface area contributed by atoms with Crippen LogP contribution in [0, 0.1) is 0 Å². The number of benzene rings is 2. The van der Waals surface area contributed by atoms with E-state index in [1.54, 1.807) is 31.2 Å². The van der Waals surface area contributed by atoms with Crippen molar-refractivity contribution in [2.24, 2.45) is 0 Å². The number of rotatable bonds is 5. The van der Waals surface area contributed by atoms with Gasteiger partial charge in [0, 0.05) is 25.7 Å². The number of nitrogens with zero attached hydrogens (tertiary/aromatic N) is 2. The third-order valence-electron chi connectivity index (χ3n) is 5.78. The second-order valence-electron chi connectivity index (χ2n) is 7.75. The van der Waals surface area contributed by atoms with Crippen molar-refractivity contribution in [1.82, 2.24) is 15.1 Å². The van der Waals surface area contributed by atoms with Gasteiger partial charge in [-0.2, -0.15) is 0 Å². The van der Waals surface area contributed by atoms with Gasteiger partial charge in [-0.1, -0.05) is 42.5 Å². The molecule has 2 aromatic rings. The highest BCUT2D eigenvalue weighted by Gasteiger charge is 2.41. The highest BCUT2D eigenvalue weighted by atomic mass is 16.2. The minimum absolute atomic E-state index is 0.0622. The van der Waals surface area contributed by atoms with Crippen molar-refractivity contribution in [2.75, 3.05) is 13.1 Å². The molecular weight excluding hydrogens is 366 g/mol. The van der Waals surface area contributed by atoms with Gasteiger partial charge in [0.2, 0.25) is 5.91 Å². The molecule has 1 atom stereocenters. The Hall–Kier alpha value is -2.99. The Morgan fingerprint density at radius 1 is 0.966 bits per heavy atom. The monoisotopic (exact) mass is 391 g/mol. The lowest BCUT2D eigenvalue weighted by molar-refractivity contribution is -0.125. The van der Waals surface area contributed by atoms with Crippen LogP contribution in [0.1, 0.15) is 46.0 Å². The largest absolute Gasteiger partial charge is 0.351 e. The molecule has 0 aromatic heterocycles. The van der Waals surface area contributed by atoms with Crippen LogP contribution < -0.4 is 5.32 Å². The molecule has 2 aliphatic rings. The van der Waals surface area contributed by atoms with Crippen molar-refractivity contribution < 1.29 is 14.4 Å². The predicted molar refractivity (Wildman–Crippen MR) is 109 cm³/mol. The molecule has 6 nitrogen and oxygen atoms in total. The van der Waals surface area contributed by atoms with E-state index < -0.39 is 17.9 Å². The summed E-state index contributed by atoms with van der Waals surface area (Å²) in [4.78, 5) is 41.4. The Morgan fingerprint density at radius 2 is 1.52 bits per heavy atom. The first-order valence-corrected chi connectivity index (χ1v) is 10.1. The highest BCUT2D eigenvalue weighted by molar-refractivity contribution is 6.22. The Labute approximate surface area is 170 Å². The maximum absolute atomic E-state index is 12.7. The van der Waals surface area contributed by atoms with Gasteiger partial charge < -0.3 is 5.32 Å². The Bertz CT molecular complexity index is 885. The van der Waals surface area contributed by atoms with Crippen LogP contribution in [0.4, 0.5) is 0 Å². The van der Waals surface area contributed by atoms with E-state index in [-0.39, 0.29) is 11.9 Å². The number of amides is 3. The summed E-state index contributed by atoms with van der Waals surface area (Å²) >= 11 is 0. The molecule has 2 aromatic carbocycles. The molecule has 2 heterocycles. The molecule has 1 N–H and O–H groups in total. The third kappa shape index (κ3) is 3.93. The Morgan fingerprint density at radius 3 is 2.10 bits per heavy atom. The molecule has 0 spiro atoms. The molecule has 1 saturated heterocycles. The van der Waals surface area contributed by atoms with Crippen LogP contribution in [0.3, 0.4) is 0 Å². The van der Waals surface area contributed by atoms with E-state index in [4.69, 9.17) is 0 Å². The van der Waals surface area contributed by atoms with Crippen molar-refractivity contribution in [3.05, 3.63) is 71.3 Å². The number of hydrogen-bond acceptors (Lipinski definition) is 4. The SMILES string of the molecule is C[C@@H](C(=O)NC1CCN(Cc2ccccc2)CC1)N1C(=O)c2ccccc2C1=O. The molecule has 1 fully saturated rings. The zero-order valence-electron chi connectivity index (χ0n) is 16.5. The minimum atomic E-state index is -0.829. The van der Waals surface area contributed by atoms with Gasteiger partial charge in [-0.05, 0) is 37.5 Å². The number of carbonyl (C=O) groups is 3. The molecule has 0 radical (unpaired) electrons. The number of fused-ring (bicyclic) bond motifs is 1. The van der Waals surface area contributed by atoms with Crippen LogP contribution in [-0.4, -0.2) is 52.7 Å². The van der Waals surface area contributed by atoms with E-state index in [1.807, 2.05) is 18.2 Å². The average Bonchev–Trinajstić information content (AvgIpc) is 3.00. The summed E-state index contributed by atoms with van der Waals surface area (Å²) in [5.41, 5.74) is 2.02. The molecule has 150 valence electrons. The lowest BCUT2D eigenvalue weighted by atomic mass is 10.0. The number of piperidine rings is 1. The third-order valence-corrected chi connectivity index (χ3v) is 5.78. The summed E-state index contributed by atoms with van der Waals surface area (Å²) in [6, 6.07) is 16.3. The molecule has 3 amide bonds. The first-order chi connectivity index (χ1) is 14.0. The fourth-order valence-electron chi connectivity index (χ4n) is 4.08. The summed E-state index contributed by atoms with van der Waals surface area (Å²) in [7, 11) is 0. The maximum Gasteiger partial charge on any atom is 0.262 e. The molecule has 0 bridgehead atoms. The smallest absolute Gasteiger partial charge is 0.262 e. The predicted octanol–water partition coefficient (Wildman–Crippen LogP) is 2.45. The van der Waals surface area contributed by atoms with Crippen LogP contribution in [-0.2, 0) is 11.3 Å². The molecule has 6 heteroatoms. The van der Waals surface area contributed by atoms with Crippen molar-refractivity contribution in [2.45, 2.75) is 38.4 Å². The number of hydrogen-bond donors (Lipinski definition) is 1. The van der Waals surface area contributed by atoms with Crippen molar-refractivity contribution in [3.8, 4) is 0 Å². The second-order valence-corrected chi connectivity index (χ2v) is 7.75. The summed E-state index contributed by atoms with van der Waals surface area (Å²) in [6.07, 6.45) is 1.71. The fourth-order valence-corrected chi connectivity index (χ4v) is 4.08. The fraction of sp³-hybridized carbons (Fsp3) is 0.348. The number of carbonyl (C=O) groups excluding carboxylic acids is 3. The van der Waals surface area contributed by atoms with Crippen LogP contribution in [0.25, 0.3) is 0 Å². The first kappa shape index (κ1) is 19.3. The van der Waals surface area contributed by atoms with E-state index in [1.165, 1.54) is 5.56 Å². The Balaban J connectivity index is 1.31. The standard InChI is InChI=1S/C23H25N3O3/c1-16(26-22(28)19-9-5-6-10-20(19)23(26)29)21(27)24-18-11-13-25(14-12-18)15-17-7-3-2-4-8-17/h2-10,16,18H,11-15H2,1H3,(H,24,27)/t16-/m0/s1. The first-order valence-electron chi connectivity index (χ1n) is 10.1. The summed E-state index contributed by atoms with van der Waals surface area (Å²) < 4.78 is 0. The lowest BCUT2D eigenvalue weighted by Crippen LogP contribution is -2.52. The molecular formula is C23H25N3O3. The summed E-state index contributed by atoms with van der Waals surface area (Å²) in [6.45, 7) is 4.33. The van der Waals surface area contributed by atoms with Crippen LogP contribution in [0.15, 0.2) is 54.6 Å². The molecule has 0 unspecified atom stereocenters. The van der Waals surface area contributed by atoms with Crippen molar-refractivity contribution >= 4 is 17.7 Å². The lowest BCUT2D eigenvalue weighted by Gasteiger charge is -2.33. The zero-order chi connectivity index (χ0) is 20.4. The Kier molecular flexibility index (Phi) is 5.45. The highest BCUT2D eigenvalue weighted by Crippen LogP contribution is 2.24. The average molecular weight is 391 g/mol. The molecule has 0 aliphatic carbocycles. The van der Waals surface area contributed by atoms with Crippen molar-refractivity contribution in [3.63, 3.8) is 0 Å². The van der Waals surface area contributed by atoms with E-state index >= 15 is 0 Å². The summed E-state index contributed by atoms with van der Waals surface area (Å²) in [5, 5.41) is 3.04. The molecule has 2 aliphatic heterocycles. The molecule has 4 rings (SSSR count). The van der Waals surface area contributed by atoms with Crippen molar-refractivity contribution in [1.29, 1.82) is 0 Å². The number of imide groups is 1. The van der Waals surface area contributed by atoms with E-state index in [2.05, 4.69) is 22.3 Å². The van der Waals surface area contributed by atoms with E-state index in [0.29, 0.717) is 11.1 Å². The van der Waals surface area contributed by atoms with Crippen LogP contribution in [0.2, 0.25) is 0 Å². The molecule has 0 saturated carbocycles. The van der Waals surface area contributed by atoms with Gasteiger partial charge in [-0.3, -0.25) is 24.2 Å². The van der Waals surface area contributed by atoms with Gasteiger partial charge in [0.15, 0.2) is 0 Å². The van der Waals surface area contributed by atoms with Gasteiger partial charge in [-0.25, -0.2) is 0 Å². The van der Waals surface area contributed by atoms with E-state index in [9.17, 15) is 14.4 Å². The summed E-state index contributed by atoms with van der Waals surface area (Å²) in [5.74, 6) is -1.07. The maximum atomic E-state index is 12.7. The van der Waals surface area contributed by atoms with Crippen LogP contribution >= 0.6 is 0 Å². The van der Waals surface area contributed by atoms with E-state index in [0.717, 1.165) is 37.4 Å². The number of likely N-dealkylation sites (tertiary alicyclic amines) is 1. The quantitative estimate of drug-likeness (QED) is 0.795. The van der Waals surface area contributed by atoms with Gasteiger partial charge >= 0.3 is 0 Å². The zero-order valence-corrected chi connectivity index (χ0v) is 16.5. The molecule has 29 heavy (non-hydrogen) atoms. The second kappa shape index (κ2) is 8.17. The topological polar surface area (TPSA) is 69.7 Å². The van der Waals surface area contributed by atoms with Gasteiger partial charge in [-0.15, -0.1) is 0 Å². The van der Waals surface area contributed by atoms with Gasteiger partial charge in [0.05, 0.1) is 11.1 Å². The normalized spacial score (nSPS) is 18.6. The van der Waals surface area contributed by atoms with Gasteiger partial charge in [0.25, 0.3) is 11.8 Å². The van der Waals surface area contributed by atoms with Crippen LogP contribution in [0.5, 0.6) is 0 Å².